The third-order valence-electron chi connectivity index (χ3n) is 3.84. The smallest absolute Gasteiger partial charge is 0.387 e. The summed E-state index contributed by atoms with van der Waals surface area (Å²) in [6.07, 6.45) is -0.285. The van der Waals surface area contributed by atoms with Crippen LogP contribution in [0.1, 0.15) is 17.2 Å². The van der Waals surface area contributed by atoms with Crippen LogP contribution in [0.5, 0.6) is 5.75 Å². The van der Waals surface area contributed by atoms with Gasteiger partial charge in [0.05, 0.1) is 17.8 Å². The molecule has 3 N–H and O–H groups in total. The first kappa shape index (κ1) is 16.2. The average molecular weight is 334 g/mol. The summed E-state index contributed by atoms with van der Waals surface area (Å²) in [4.78, 5) is 12.2. The number of amides is 2. The van der Waals surface area contributed by atoms with Gasteiger partial charge in [-0.25, -0.2) is 4.79 Å². The lowest BCUT2D eigenvalue weighted by Crippen LogP contribution is -2.36. The Hall–Kier alpha value is -2.67. The third kappa shape index (κ3) is 3.46. The first-order chi connectivity index (χ1) is 11.5. The number of rotatable bonds is 4. The monoisotopic (exact) mass is 334 g/mol. The van der Waals surface area contributed by atoms with Gasteiger partial charge in [-0.1, -0.05) is 36.4 Å². The molecule has 1 aliphatic rings. The molecule has 1 aliphatic carbocycles. The molecule has 0 fully saturated rings. The maximum absolute atomic E-state index is 12.4. The lowest BCUT2D eigenvalue weighted by Gasteiger charge is -2.19. The van der Waals surface area contributed by atoms with E-state index in [1.807, 2.05) is 24.3 Å². The zero-order valence-corrected chi connectivity index (χ0v) is 12.6. The van der Waals surface area contributed by atoms with E-state index in [0.29, 0.717) is 6.42 Å². The van der Waals surface area contributed by atoms with Gasteiger partial charge in [0.25, 0.3) is 0 Å². The Bertz CT molecular complexity index is 739. The number of anilines is 1. The molecule has 0 bridgehead atoms. The minimum atomic E-state index is -2.99. The Morgan fingerprint density at radius 2 is 1.88 bits per heavy atom. The van der Waals surface area contributed by atoms with E-state index in [9.17, 15) is 18.7 Å². The summed E-state index contributed by atoms with van der Waals surface area (Å²) in [5.41, 5.74) is 1.94. The molecule has 2 amide bonds. The van der Waals surface area contributed by atoms with Crippen LogP contribution in [-0.2, 0) is 6.42 Å². The maximum Gasteiger partial charge on any atom is 0.387 e. The molecule has 2 aromatic rings. The highest BCUT2D eigenvalue weighted by molar-refractivity contribution is 5.91. The molecule has 2 atom stereocenters. The Kier molecular flexibility index (Phi) is 4.61. The quantitative estimate of drug-likeness (QED) is 0.805. The van der Waals surface area contributed by atoms with E-state index < -0.39 is 24.8 Å². The van der Waals surface area contributed by atoms with Crippen molar-refractivity contribution in [1.82, 2.24) is 5.32 Å². The van der Waals surface area contributed by atoms with Crippen LogP contribution in [0.2, 0.25) is 0 Å². The topological polar surface area (TPSA) is 70.6 Å². The number of nitrogens with one attached hydrogen (secondary N) is 2. The Labute approximate surface area is 137 Å². The van der Waals surface area contributed by atoms with Crippen molar-refractivity contribution in [3.63, 3.8) is 0 Å². The van der Waals surface area contributed by atoms with Crippen LogP contribution >= 0.6 is 0 Å². The van der Waals surface area contributed by atoms with Crippen molar-refractivity contribution >= 4 is 11.7 Å². The summed E-state index contributed by atoms with van der Waals surface area (Å²) < 4.78 is 29.2. The van der Waals surface area contributed by atoms with Gasteiger partial charge in [-0.15, -0.1) is 0 Å². The van der Waals surface area contributed by atoms with E-state index in [-0.39, 0.29) is 11.4 Å². The Morgan fingerprint density at radius 1 is 1.17 bits per heavy atom. The minimum absolute atomic E-state index is 0.121. The van der Waals surface area contributed by atoms with Crippen molar-refractivity contribution in [2.45, 2.75) is 25.2 Å². The van der Waals surface area contributed by atoms with Crippen LogP contribution in [-0.4, -0.2) is 23.9 Å². The lowest BCUT2D eigenvalue weighted by atomic mass is 10.1. The summed E-state index contributed by atoms with van der Waals surface area (Å²) in [6, 6.07) is 12.2. The van der Waals surface area contributed by atoms with Crippen LogP contribution in [0.25, 0.3) is 0 Å². The minimum Gasteiger partial charge on any atom is -0.433 e. The van der Waals surface area contributed by atoms with Crippen LogP contribution in [0.3, 0.4) is 0 Å². The fourth-order valence-corrected chi connectivity index (χ4v) is 2.82. The van der Waals surface area contributed by atoms with Gasteiger partial charge < -0.3 is 20.5 Å². The number of carbonyl (C=O) groups excluding carboxylic acids is 1. The maximum atomic E-state index is 12.4. The number of alkyl halides is 2. The van der Waals surface area contributed by atoms with Gasteiger partial charge in [-0.05, 0) is 23.3 Å². The molecule has 0 aromatic heterocycles. The van der Waals surface area contributed by atoms with Crippen LogP contribution in [0.4, 0.5) is 19.3 Å². The van der Waals surface area contributed by atoms with E-state index in [2.05, 4.69) is 15.4 Å². The second kappa shape index (κ2) is 6.84. The van der Waals surface area contributed by atoms with Gasteiger partial charge in [0.1, 0.15) is 5.75 Å². The van der Waals surface area contributed by atoms with Gasteiger partial charge in [-0.3, -0.25) is 0 Å². The van der Waals surface area contributed by atoms with E-state index in [1.54, 1.807) is 6.07 Å². The van der Waals surface area contributed by atoms with Crippen LogP contribution < -0.4 is 15.4 Å². The molecule has 0 spiro atoms. The lowest BCUT2D eigenvalue weighted by molar-refractivity contribution is -0.0493. The van der Waals surface area contributed by atoms with Crippen molar-refractivity contribution < 1.29 is 23.4 Å². The van der Waals surface area contributed by atoms with Crippen LogP contribution in [0.15, 0.2) is 48.5 Å². The SMILES string of the molecule is O=C(Nc1ccccc1OC(F)F)N[C@@H]1c2ccccc2C[C@@H]1O. The van der Waals surface area contributed by atoms with E-state index >= 15 is 0 Å². The largest absolute Gasteiger partial charge is 0.433 e. The first-order valence-electron chi connectivity index (χ1n) is 7.42. The Morgan fingerprint density at radius 3 is 2.67 bits per heavy atom. The number of aliphatic hydroxyl groups excluding tert-OH is 1. The van der Waals surface area contributed by atoms with Crippen molar-refractivity contribution in [1.29, 1.82) is 0 Å². The number of fused-ring (bicyclic) bond motifs is 1. The highest BCUT2D eigenvalue weighted by Gasteiger charge is 2.32. The number of ether oxygens (including phenoxy) is 1. The highest BCUT2D eigenvalue weighted by Crippen LogP contribution is 2.31. The second-order valence-electron chi connectivity index (χ2n) is 5.42. The zero-order chi connectivity index (χ0) is 17.1. The van der Waals surface area contributed by atoms with E-state index in [4.69, 9.17) is 0 Å². The molecule has 0 aliphatic heterocycles. The van der Waals surface area contributed by atoms with Gasteiger partial charge >= 0.3 is 12.6 Å². The summed E-state index contributed by atoms with van der Waals surface area (Å²) in [6.45, 7) is -2.99. The number of para-hydroxylation sites is 2. The predicted molar refractivity (Wildman–Crippen MR) is 84.1 cm³/mol. The average Bonchev–Trinajstić information content (AvgIpc) is 2.85. The molecule has 24 heavy (non-hydrogen) atoms. The number of benzene rings is 2. The predicted octanol–water partition coefficient (Wildman–Crippen LogP) is 3.07. The molecular formula is C17H16F2N2O3. The molecule has 126 valence electrons. The second-order valence-corrected chi connectivity index (χ2v) is 5.42. The molecule has 5 nitrogen and oxygen atoms in total. The normalized spacial score (nSPS) is 19.0. The van der Waals surface area contributed by atoms with Gasteiger partial charge in [0.15, 0.2) is 0 Å². The summed E-state index contributed by atoms with van der Waals surface area (Å²) in [5.74, 6) is -0.130. The number of carbonyl (C=O) groups is 1. The van der Waals surface area contributed by atoms with Crippen molar-refractivity contribution in [2.75, 3.05) is 5.32 Å². The molecule has 0 heterocycles. The van der Waals surface area contributed by atoms with Crippen molar-refractivity contribution in [2.24, 2.45) is 0 Å². The zero-order valence-electron chi connectivity index (χ0n) is 12.6. The molecular weight excluding hydrogens is 318 g/mol. The summed E-state index contributed by atoms with van der Waals surface area (Å²) in [5, 5.41) is 15.3. The molecule has 0 unspecified atom stereocenters. The third-order valence-corrected chi connectivity index (χ3v) is 3.84. The van der Waals surface area contributed by atoms with Crippen LogP contribution in [0, 0.1) is 0 Å². The van der Waals surface area contributed by atoms with Crippen molar-refractivity contribution in [3.05, 3.63) is 59.7 Å². The molecule has 2 aromatic carbocycles. The number of hydrogen-bond donors (Lipinski definition) is 3. The Balaban J connectivity index is 1.71. The van der Waals surface area contributed by atoms with E-state index in [1.165, 1.54) is 18.2 Å². The number of aliphatic hydroxyl groups is 1. The fourth-order valence-electron chi connectivity index (χ4n) is 2.82. The van der Waals surface area contributed by atoms with Gasteiger partial charge in [0.2, 0.25) is 0 Å². The van der Waals surface area contributed by atoms with Crippen molar-refractivity contribution in [3.8, 4) is 5.75 Å². The number of urea groups is 1. The first-order valence-corrected chi connectivity index (χ1v) is 7.42. The van der Waals surface area contributed by atoms with Gasteiger partial charge in [0, 0.05) is 6.42 Å². The summed E-state index contributed by atoms with van der Waals surface area (Å²) >= 11 is 0. The molecule has 0 radical (unpaired) electrons. The summed E-state index contributed by atoms with van der Waals surface area (Å²) in [7, 11) is 0. The fraction of sp³-hybridized carbons (Fsp3) is 0.235. The standard InChI is InChI=1S/C17H16F2N2O3/c18-16(19)24-14-8-4-3-7-12(14)20-17(23)21-15-11-6-2-1-5-10(11)9-13(15)22/h1-8,13,15-16,22H,9H2,(H2,20,21,23)/t13-,15+/m0/s1. The number of halogens is 2. The molecule has 3 rings (SSSR count). The molecule has 0 saturated heterocycles. The highest BCUT2D eigenvalue weighted by atomic mass is 19.3. The molecule has 0 saturated carbocycles. The van der Waals surface area contributed by atoms with Gasteiger partial charge in [-0.2, -0.15) is 8.78 Å². The molecule has 7 heteroatoms. The van der Waals surface area contributed by atoms with E-state index in [0.717, 1.165) is 11.1 Å². The number of hydrogen-bond acceptors (Lipinski definition) is 3.